The highest BCUT2D eigenvalue weighted by atomic mass is 32.2. The van der Waals surface area contributed by atoms with E-state index in [-0.39, 0.29) is 18.5 Å². The van der Waals surface area contributed by atoms with Crippen LogP contribution in [0.15, 0.2) is 21.7 Å². The van der Waals surface area contributed by atoms with E-state index < -0.39 is 10.0 Å². The van der Waals surface area contributed by atoms with E-state index in [4.69, 9.17) is 0 Å². The van der Waals surface area contributed by atoms with Gasteiger partial charge in [0.15, 0.2) is 0 Å². The van der Waals surface area contributed by atoms with Crippen molar-refractivity contribution in [3.05, 3.63) is 17.5 Å². The minimum atomic E-state index is -3.59. The molecule has 0 radical (unpaired) electrons. The first-order valence-corrected chi connectivity index (χ1v) is 10.4. The Balaban J connectivity index is 1.79. The molecule has 0 spiro atoms. The number of carbonyl (C=O) groups excluding carboxylic acids is 1. The van der Waals surface area contributed by atoms with Crippen molar-refractivity contribution in [2.45, 2.75) is 35.9 Å². The molecule has 2 aliphatic rings. The van der Waals surface area contributed by atoms with Crippen LogP contribution in [-0.2, 0) is 14.8 Å². The first kappa shape index (κ1) is 16.9. The van der Waals surface area contributed by atoms with E-state index in [1.54, 1.807) is 22.4 Å². The summed E-state index contributed by atoms with van der Waals surface area (Å²) in [6.07, 6.45) is 3.75. The average molecular weight is 358 g/mol. The van der Waals surface area contributed by atoms with E-state index in [0.29, 0.717) is 17.3 Å². The normalized spacial score (nSPS) is 20.3. The number of nitrogens with zero attached hydrogens (tertiary/aromatic N) is 2. The molecule has 2 heterocycles. The summed E-state index contributed by atoms with van der Waals surface area (Å²) in [7, 11) is -3.59. The molecule has 3 rings (SSSR count). The number of sulfonamides is 1. The van der Waals surface area contributed by atoms with Gasteiger partial charge >= 0.3 is 0 Å². The van der Waals surface area contributed by atoms with Gasteiger partial charge in [-0.25, -0.2) is 8.42 Å². The van der Waals surface area contributed by atoms with Gasteiger partial charge in [-0.05, 0) is 24.3 Å². The molecule has 1 aliphatic heterocycles. The van der Waals surface area contributed by atoms with E-state index in [2.05, 4.69) is 5.32 Å². The molecule has 1 amide bonds. The van der Waals surface area contributed by atoms with Crippen LogP contribution in [-0.4, -0.2) is 62.3 Å². The molecule has 1 N–H and O–H groups in total. The summed E-state index contributed by atoms with van der Waals surface area (Å²) in [4.78, 5) is 14.3. The van der Waals surface area contributed by atoms with Crippen molar-refractivity contribution in [3.63, 3.8) is 0 Å². The van der Waals surface area contributed by atoms with E-state index in [0.717, 1.165) is 38.8 Å². The molecule has 23 heavy (non-hydrogen) atoms. The predicted octanol–water partition coefficient (Wildman–Crippen LogP) is 1.11. The maximum atomic E-state index is 13.0. The van der Waals surface area contributed by atoms with Crippen molar-refractivity contribution in [1.82, 2.24) is 14.5 Å². The van der Waals surface area contributed by atoms with Crippen LogP contribution in [0.25, 0.3) is 0 Å². The molecule has 2 fully saturated rings. The second-order valence-electron chi connectivity index (χ2n) is 6.05. The average Bonchev–Trinajstić information content (AvgIpc) is 3.26. The first-order valence-electron chi connectivity index (χ1n) is 8.13. The summed E-state index contributed by atoms with van der Waals surface area (Å²) < 4.78 is 27.7. The third-order valence-electron chi connectivity index (χ3n) is 4.55. The highest BCUT2D eigenvalue weighted by molar-refractivity contribution is 7.91. The Morgan fingerprint density at radius 2 is 2.00 bits per heavy atom. The highest BCUT2D eigenvalue weighted by Gasteiger charge is 2.36. The van der Waals surface area contributed by atoms with Gasteiger partial charge in [0, 0.05) is 32.2 Å². The smallest absolute Gasteiger partial charge is 0.253 e. The van der Waals surface area contributed by atoms with Gasteiger partial charge in [0.1, 0.15) is 4.21 Å². The molecule has 128 valence electrons. The van der Waals surface area contributed by atoms with Gasteiger partial charge in [-0.1, -0.05) is 18.9 Å². The molecule has 8 heteroatoms. The van der Waals surface area contributed by atoms with Gasteiger partial charge < -0.3 is 10.2 Å². The van der Waals surface area contributed by atoms with Crippen LogP contribution in [0.4, 0.5) is 0 Å². The second-order valence-corrected chi connectivity index (χ2v) is 9.12. The zero-order valence-electron chi connectivity index (χ0n) is 13.1. The summed E-state index contributed by atoms with van der Waals surface area (Å²) in [6, 6.07) is 3.31. The molecule has 1 aliphatic carbocycles. The van der Waals surface area contributed by atoms with Crippen LogP contribution in [0.3, 0.4) is 0 Å². The standard InChI is InChI=1S/C15H23N3O3S2/c19-14(17-9-7-16-8-10-17)12-18(13-4-1-2-5-13)23(20,21)15-6-3-11-22-15/h3,6,11,13,16H,1-2,4-5,7-10,12H2. The van der Waals surface area contributed by atoms with Crippen LogP contribution >= 0.6 is 11.3 Å². The lowest BCUT2D eigenvalue weighted by Gasteiger charge is -2.32. The van der Waals surface area contributed by atoms with Gasteiger partial charge in [-0.2, -0.15) is 4.31 Å². The maximum absolute atomic E-state index is 13.0. The number of hydrogen-bond acceptors (Lipinski definition) is 5. The molecule has 0 atom stereocenters. The molecule has 1 aromatic rings. The summed E-state index contributed by atoms with van der Waals surface area (Å²) in [5.41, 5.74) is 0. The summed E-state index contributed by atoms with van der Waals surface area (Å²) in [5, 5.41) is 4.97. The van der Waals surface area contributed by atoms with E-state index >= 15 is 0 Å². The monoisotopic (exact) mass is 357 g/mol. The number of rotatable bonds is 5. The minimum absolute atomic E-state index is 0.0368. The second kappa shape index (κ2) is 7.29. The number of piperazine rings is 1. The molecule has 0 aromatic carbocycles. The lowest BCUT2D eigenvalue weighted by molar-refractivity contribution is -0.132. The molecule has 0 unspecified atom stereocenters. The van der Waals surface area contributed by atoms with Crippen molar-refractivity contribution in [3.8, 4) is 0 Å². The Labute approximate surface area is 141 Å². The lowest BCUT2D eigenvalue weighted by Crippen LogP contribution is -2.51. The minimum Gasteiger partial charge on any atom is -0.339 e. The number of thiophene rings is 1. The Morgan fingerprint density at radius 3 is 2.61 bits per heavy atom. The van der Waals surface area contributed by atoms with E-state index in [1.165, 1.54) is 15.6 Å². The van der Waals surface area contributed by atoms with Crippen molar-refractivity contribution < 1.29 is 13.2 Å². The Bertz CT molecular complexity index is 618. The predicted molar refractivity (Wildman–Crippen MR) is 89.9 cm³/mol. The quantitative estimate of drug-likeness (QED) is 0.857. The Kier molecular flexibility index (Phi) is 5.35. The van der Waals surface area contributed by atoms with Crippen LogP contribution in [0.2, 0.25) is 0 Å². The number of carbonyl (C=O) groups is 1. The van der Waals surface area contributed by atoms with Crippen molar-refractivity contribution >= 4 is 27.3 Å². The van der Waals surface area contributed by atoms with Gasteiger partial charge in [0.05, 0.1) is 6.54 Å². The van der Waals surface area contributed by atoms with Crippen LogP contribution < -0.4 is 5.32 Å². The van der Waals surface area contributed by atoms with Gasteiger partial charge in [-0.3, -0.25) is 4.79 Å². The topological polar surface area (TPSA) is 69.7 Å². The summed E-state index contributed by atoms with van der Waals surface area (Å²) >= 11 is 1.22. The third kappa shape index (κ3) is 3.76. The van der Waals surface area contributed by atoms with E-state index in [9.17, 15) is 13.2 Å². The molecule has 0 bridgehead atoms. The van der Waals surface area contributed by atoms with Crippen molar-refractivity contribution in [1.29, 1.82) is 0 Å². The van der Waals surface area contributed by atoms with Gasteiger partial charge in [0.25, 0.3) is 10.0 Å². The lowest BCUT2D eigenvalue weighted by atomic mass is 10.2. The number of nitrogens with one attached hydrogen (secondary N) is 1. The fourth-order valence-corrected chi connectivity index (χ4v) is 6.03. The molecule has 1 aromatic heterocycles. The van der Waals surface area contributed by atoms with Crippen LogP contribution in [0.1, 0.15) is 25.7 Å². The maximum Gasteiger partial charge on any atom is 0.253 e. The van der Waals surface area contributed by atoms with E-state index in [1.807, 2.05) is 0 Å². The van der Waals surface area contributed by atoms with Crippen LogP contribution in [0, 0.1) is 0 Å². The first-order chi connectivity index (χ1) is 11.1. The SMILES string of the molecule is O=C(CN(C1CCCC1)S(=O)(=O)c1cccs1)N1CCNCC1. The summed E-state index contributed by atoms with van der Waals surface area (Å²) in [5.74, 6) is -0.0847. The van der Waals surface area contributed by atoms with Crippen molar-refractivity contribution in [2.75, 3.05) is 32.7 Å². The zero-order chi connectivity index (χ0) is 16.3. The summed E-state index contributed by atoms with van der Waals surface area (Å²) in [6.45, 7) is 2.80. The van der Waals surface area contributed by atoms with Gasteiger partial charge in [-0.15, -0.1) is 11.3 Å². The highest BCUT2D eigenvalue weighted by Crippen LogP contribution is 2.30. The molecule has 1 saturated carbocycles. The van der Waals surface area contributed by atoms with Crippen molar-refractivity contribution in [2.24, 2.45) is 0 Å². The number of amides is 1. The Morgan fingerprint density at radius 1 is 1.30 bits per heavy atom. The third-order valence-corrected chi connectivity index (χ3v) is 7.82. The van der Waals surface area contributed by atoms with Crippen LogP contribution in [0.5, 0.6) is 0 Å². The largest absolute Gasteiger partial charge is 0.339 e. The zero-order valence-corrected chi connectivity index (χ0v) is 14.7. The molecule has 1 saturated heterocycles. The molecular weight excluding hydrogens is 334 g/mol. The fraction of sp³-hybridized carbons (Fsp3) is 0.667. The number of hydrogen-bond donors (Lipinski definition) is 1. The Hall–Kier alpha value is -0.960. The molecular formula is C15H23N3O3S2. The molecule has 6 nitrogen and oxygen atoms in total. The van der Waals surface area contributed by atoms with Gasteiger partial charge in [0.2, 0.25) is 5.91 Å². The fourth-order valence-electron chi connectivity index (χ4n) is 3.28.